The van der Waals surface area contributed by atoms with Gasteiger partial charge in [-0.25, -0.2) is 9.97 Å². The Hall–Kier alpha value is -2.60. The van der Waals surface area contributed by atoms with Gasteiger partial charge in [-0.1, -0.05) is 23.5 Å². The third-order valence-electron chi connectivity index (χ3n) is 3.37. The van der Waals surface area contributed by atoms with E-state index in [4.69, 9.17) is 4.74 Å². The lowest BCUT2D eigenvalue weighted by atomic mass is 10.3. The Labute approximate surface area is 167 Å². The van der Waals surface area contributed by atoms with Gasteiger partial charge in [0.25, 0.3) is 0 Å². The number of anilines is 3. The second-order valence-electron chi connectivity index (χ2n) is 5.59. The minimum absolute atomic E-state index is 0.0569. The molecule has 0 aliphatic rings. The van der Waals surface area contributed by atoms with Crippen molar-refractivity contribution in [2.24, 2.45) is 0 Å². The summed E-state index contributed by atoms with van der Waals surface area (Å²) in [5, 5.41) is 11.5. The molecule has 2 heterocycles. The fourth-order valence-corrected chi connectivity index (χ4v) is 3.71. The van der Waals surface area contributed by atoms with E-state index in [9.17, 15) is 13.2 Å². The Morgan fingerprint density at radius 2 is 1.89 bits per heavy atom. The van der Waals surface area contributed by atoms with E-state index in [0.29, 0.717) is 20.9 Å². The van der Waals surface area contributed by atoms with Crippen molar-refractivity contribution in [1.82, 2.24) is 20.2 Å². The Morgan fingerprint density at radius 1 is 1.14 bits per heavy atom. The lowest BCUT2D eigenvalue weighted by Gasteiger charge is -2.14. The average Bonchev–Trinajstić information content (AvgIpc) is 3.08. The normalized spacial score (nSPS) is 11.4. The molecule has 0 atom stereocenters. The largest absolute Gasteiger partial charge is 0.495 e. The van der Waals surface area contributed by atoms with Crippen LogP contribution in [0.1, 0.15) is 5.69 Å². The third-order valence-corrected chi connectivity index (χ3v) is 5.13. The predicted octanol–water partition coefficient (Wildman–Crippen LogP) is 4.32. The van der Waals surface area contributed by atoms with Crippen molar-refractivity contribution in [2.45, 2.75) is 15.7 Å². The lowest BCUT2D eigenvalue weighted by molar-refractivity contribution is -0.141. The van der Waals surface area contributed by atoms with E-state index in [1.54, 1.807) is 27.3 Å². The van der Waals surface area contributed by atoms with E-state index in [0.717, 1.165) is 17.8 Å². The summed E-state index contributed by atoms with van der Waals surface area (Å²) in [6.45, 7) is 0. The molecule has 3 rings (SSSR count). The molecule has 0 amide bonds. The summed E-state index contributed by atoms with van der Waals surface area (Å²) < 4.78 is 45.0. The van der Waals surface area contributed by atoms with Crippen LogP contribution in [0.5, 0.6) is 5.75 Å². The number of nitrogens with zero attached hydrogens (tertiary/aromatic N) is 5. The molecule has 0 radical (unpaired) electrons. The van der Waals surface area contributed by atoms with Crippen molar-refractivity contribution in [3.63, 3.8) is 0 Å². The highest BCUT2D eigenvalue weighted by atomic mass is 32.2. The van der Waals surface area contributed by atoms with Crippen molar-refractivity contribution in [3.8, 4) is 5.75 Å². The Bertz CT molecular complexity index is 964. The van der Waals surface area contributed by atoms with Gasteiger partial charge in [0.15, 0.2) is 15.2 Å². The maximum absolute atomic E-state index is 13.1. The fraction of sp³-hybridized carbons (Fsp3) is 0.250. The van der Waals surface area contributed by atoms with Crippen molar-refractivity contribution < 1.29 is 17.9 Å². The number of ether oxygens (including phenoxy) is 1. The van der Waals surface area contributed by atoms with Gasteiger partial charge in [0.05, 0.1) is 12.8 Å². The molecule has 0 unspecified atom stereocenters. The fourth-order valence-electron chi connectivity index (χ4n) is 2.08. The summed E-state index contributed by atoms with van der Waals surface area (Å²) in [5.74, 6) is 0.783. The lowest BCUT2D eigenvalue weighted by Crippen LogP contribution is -2.15. The molecule has 0 saturated carbocycles. The van der Waals surface area contributed by atoms with E-state index in [-0.39, 0.29) is 11.0 Å². The van der Waals surface area contributed by atoms with Gasteiger partial charge in [0, 0.05) is 20.2 Å². The van der Waals surface area contributed by atoms with Crippen LogP contribution in [-0.2, 0) is 6.18 Å². The van der Waals surface area contributed by atoms with Gasteiger partial charge in [-0.05, 0) is 23.9 Å². The average molecular weight is 428 g/mol. The van der Waals surface area contributed by atoms with Gasteiger partial charge >= 0.3 is 6.18 Å². The number of halogens is 3. The second kappa shape index (κ2) is 8.19. The van der Waals surface area contributed by atoms with Crippen LogP contribution in [0.2, 0.25) is 0 Å². The maximum Gasteiger partial charge on any atom is 0.433 e. The zero-order chi connectivity index (χ0) is 20.3. The number of alkyl halides is 3. The summed E-state index contributed by atoms with van der Waals surface area (Å²) in [7, 11) is 4.77. The first kappa shape index (κ1) is 20.1. The topological polar surface area (TPSA) is 76.1 Å². The van der Waals surface area contributed by atoms with Crippen LogP contribution in [0.15, 0.2) is 39.8 Å². The molecule has 1 N–H and O–H groups in total. The van der Waals surface area contributed by atoms with Crippen LogP contribution in [0.3, 0.4) is 0 Å². The second-order valence-corrected chi connectivity index (χ2v) is 7.78. The highest BCUT2D eigenvalue weighted by molar-refractivity contribution is 8.00. The van der Waals surface area contributed by atoms with Crippen molar-refractivity contribution in [3.05, 3.63) is 36.0 Å². The number of benzene rings is 1. The molecular formula is C16H15F3N6OS2. The van der Waals surface area contributed by atoms with Crippen molar-refractivity contribution >= 4 is 39.7 Å². The molecule has 0 aliphatic heterocycles. The number of methoxy groups -OCH3 is 1. The van der Waals surface area contributed by atoms with Gasteiger partial charge in [-0.15, -0.1) is 10.2 Å². The molecule has 12 heteroatoms. The van der Waals surface area contributed by atoms with E-state index >= 15 is 0 Å². The molecule has 0 bridgehead atoms. The standard InChI is InChI=1S/C16H15F3N6OS2/c1-25(2)12-8-11(16(17,18)19)21-13(22-12)27-15-24-23-14(28-15)20-9-6-4-5-7-10(9)26-3/h4-8H,1-3H3,(H,20,23). The van der Waals surface area contributed by atoms with E-state index < -0.39 is 11.9 Å². The Morgan fingerprint density at radius 3 is 2.57 bits per heavy atom. The van der Waals surface area contributed by atoms with Crippen LogP contribution in [0, 0.1) is 0 Å². The SMILES string of the molecule is COc1ccccc1Nc1nnc(Sc2nc(N(C)C)cc(C(F)(F)F)n2)s1. The molecule has 0 fully saturated rings. The molecule has 0 spiro atoms. The van der Waals surface area contributed by atoms with Crippen LogP contribution in [0.25, 0.3) is 0 Å². The van der Waals surface area contributed by atoms with Crippen LogP contribution in [0.4, 0.5) is 29.8 Å². The first-order valence-electron chi connectivity index (χ1n) is 7.81. The maximum atomic E-state index is 13.1. The predicted molar refractivity (Wildman–Crippen MR) is 102 cm³/mol. The smallest absolute Gasteiger partial charge is 0.433 e. The molecule has 148 valence electrons. The zero-order valence-electron chi connectivity index (χ0n) is 15.0. The number of aromatic nitrogens is 4. The van der Waals surface area contributed by atoms with Crippen LogP contribution < -0.4 is 15.0 Å². The zero-order valence-corrected chi connectivity index (χ0v) is 16.6. The Kier molecular flexibility index (Phi) is 5.89. The van der Waals surface area contributed by atoms with Gasteiger partial charge in [0.1, 0.15) is 11.6 Å². The molecule has 28 heavy (non-hydrogen) atoms. The summed E-state index contributed by atoms with van der Waals surface area (Å²) in [4.78, 5) is 9.22. The molecule has 3 aromatic rings. The number of rotatable bonds is 6. The minimum Gasteiger partial charge on any atom is -0.495 e. The number of hydrogen-bond donors (Lipinski definition) is 1. The van der Waals surface area contributed by atoms with Crippen LogP contribution in [-0.4, -0.2) is 41.4 Å². The van der Waals surface area contributed by atoms with Crippen molar-refractivity contribution in [2.75, 3.05) is 31.4 Å². The first-order chi connectivity index (χ1) is 13.3. The van der Waals surface area contributed by atoms with Gasteiger partial charge in [-0.2, -0.15) is 13.2 Å². The highest BCUT2D eigenvalue weighted by Crippen LogP contribution is 2.36. The van der Waals surface area contributed by atoms with Gasteiger partial charge < -0.3 is 15.0 Å². The molecule has 1 aromatic carbocycles. The number of nitrogens with one attached hydrogen (secondary N) is 1. The highest BCUT2D eigenvalue weighted by Gasteiger charge is 2.34. The summed E-state index contributed by atoms with van der Waals surface area (Å²) in [5.41, 5.74) is -0.312. The van der Waals surface area contributed by atoms with Gasteiger partial charge in [-0.3, -0.25) is 0 Å². The van der Waals surface area contributed by atoms with E-state index in [1.807, 2.05) is 18.2 Å². The molecule has 0 saturated heterocycles. The van der Waals surface area contributed by atoms with Gasteiger partial charge in [0.2, 0.25) is 5.13 Å². The first-order valence-corrected chi connectivity index (χ1v) is 9.44. The summed E-state index contributed by atoms with van der Waals surface area (Å²) >= 11 is 2.08. The monoisotopic (exact) mass is 428 g/mol. The summed E-state index contributed by atoms with van der Waals surface area (Å²) in [6.07, 6.45) is -4.57. The number of para-hydroxylation sites is 2. The molecule has 7 nitrogen and oxygen atoms in total. The van der Waals surface area contributed by atoms with E-state index in [2.05, 4.69) is 25.5 Å². The summed E-state index contributed by atoms with van der Waals surface area (Å²) in [6, 6.07) is 8.17. The molecule has 2 aromatic heterocycles. The molecule has 0 aliphatic carbocycles. The Balaban J connectivity index is 1.82. The third kappa shape index (κ3) is 4.81. The van der Waals surface area contributed by atoms with Crippen LogP contribution >= 0.6 is 23.1 Å². The van der Waals surface area contributed by atoms with E-state index in [1.165, 1.54) is 16.2 Å². The number of hydrogen-bond acceptors (Lipinski definition) is 9. The quantitative estimate of drug-likeness (QED) is 0.582. The minimum atomic E-state index is -4.57. The molecular weight excluding hydrogens is 413 g/mol. The van der Waals surface area contributed by atoms with Crippen molar-refractivity contribution in [1.29, 1.82) is 0 Å².